The summed E-state index contributed by atoms with van der Waals surface area (Å²) in [6, 6.07) is 1.84. The third-order valence-corrected chi connectivity index (χ3v) is 3.58. The highest BCUT2D eigenvalue weighted by Crippen LogP contribution is 2.12. The van der Waals surface area contributed by atoms with Crippen molar-refractivity contribution in [1.82, 2.24) is 20.4 Å². The fourth-order valence-electron chi connectivity index (χ4n) is 2.36. The SMILES string of the molecule is CC(C(=O)NCc1ccn[nH]1)N1CCCCCC1. The molecule has 2 N–H and O–H groups in total. The van der Waals surface area contributed by atoms with E-state index in [1.165, 1.54) is 25.7 Å². The lowest BCUT2D eigenvalue weighted by molar-refractivity contribution is -0.126. The molecule has 5 heteroatoms. The van der Waals surface area contributed by atoms with Gasteiger partial charge in [-0.2, -0.15) is 5.10 Å². The van der Waals surface area contributed by atoms with Crippen molar-refractivity contribution in [1.29, 1.82) is 0 Å². The lowest BCUT2D eigenvalue weighted by Crippen LogP contribution is -2.45. The maximum Gasteiger partial charge on any atom is 0.237 e. The van der Waals surface area contributed by atoms with E-state index in [4.69, 9.17) is 0 Å². The van der Waals surface area contributed by atoms with Crippen LogP contribution in [0.15, 0.2) is 12.3 Å². The zero-order chi connectivity index (χ0) is 12.8. The van der Waals surface area contributed by atoms with Crippen LogP contribution in [0.3, 0.4) is 0 Å². The second-order valence-electron chi connectivity index (χ2n) is 4.93. The molecular weight excluding hydrogens is 228 g/mol. The number of H-pyrrole nitrogens is 1. The first-order valence-electron chi connectivity index (χ1n) is 6.77. The third kappa shape index (κ3) is 3.57. The molecule has 1 fully saturated rings. The van der Waals surface area contributed by atoms with E-state index < -0.39 is 0 Å². The van der Waals surface area contributed by atoms with Gasteiger partial charge in [0, 0.05) is 6.20 Å². The summed E-state index contributed by atoms with van der Waals surface area (Å²) in [6.07, 6.45) is 6.69. The second kappa shape index (κ2) is 6.54. The predicted molar refractivity (Wildman–Crippen MR) is 69.9 cm³/mol. The molecule has 5 nitrogen and oxygen atoms in total. The smallest absolute Gasteiger partial charge is 0.237 e. The first-order valence-corrected chi connectivity index (χ1v) is 6.77. The van der Waals surface area contributed by atoms with Crippen LogP contribution < -0.4 is 5.32 Å². The number of aromatic nitrogens is 2. The van der Waals surface area contributed by atoms with Crippen LogP contribution in [0.25, 0.3) is 0 Å². The molecule has 1 aromatic rings. The summed E-state index contributed by atoms with van der Waals surface area (Å²) in [4.78, 5) is 14.3. The number of hydrogen-bond acceptors (Lipinski definition) is 3. The van der Waals surface area contributed by atoms with Crippen molar-refractivity contribution in [3.63, 3.8) is 0 Å². The van der Waals surface area contributed by atoms with Crippen LogP contribution in [-0.2, 0) is 11.3 Å². The van der Waals surface area contributed by atoms with Crippen LogP contribution in [0.4, 0.5) is 0 Å². The van der Waals surface area contributed by atoms with Crippen LogP contribution in [0.5, 0.6) is 0 Å². The molecule has 1 aliphatic rings. The quantitative estimate of drug-likeness (QED) is 0.846. The first kappa shape index (κ1) is 13.1. The van der Waals surface area contributed by atoms with Crippen LogP contribution in [-0.4, -0.2) is 40.1 Å². The zero-order valence-corrected chi connectivity index (χ0v) is 11.0. The summed E-state index contributed by atoms with van der Waals surface area (Å²) in [5.74, 6) is 0.103. The van der Waals surface area contributed by atoms with Gasteiger partial charge in [0.15, 0.2) is 0 Å². The molecule has 1 aromatic heterocycles. The fraction of sp³-hybridized carbons (Fsp3) is 0.692. The van der Waals surface area contributed by atoms with Gasteiger partial charge < -0.3 is 5.32 Å². The molecule has 1 saturated heterocycles. The predicted octanol–water partition coefficient (Wildman–Crippen LogP) is 1.29. The van der Waals surface area contributed by atoms with Gasteiger partial charge in [0.2, 0.25) is 5.91 Å². The molecule has 0 bridgehead atoms. The number of nitrogens with zero attached hydrogens (tertiary/aromatic N) is 2. The molecule has 1 aliphatic heterocycles. The Morgan fingerprint density at radius 2 is 2.17 bits per heavy atom. The Hall–Kier alpha value is -1.36. The molecular formula is C13H22N4O. The average Bonchev–Trinajstić information content (AvgIpc) is 2.75. The van der Waals surface area contributed by atoms with Gasteiger partial charge in [-0.25, -0.2) is 0 Å². The normalized spacial score (nSPS) is 19.2. The summed E-state index contributed by atoms with van der Waals surface area (Å²) >= 11 is 0. The Bertz CT molecular complexity index is 355. The molecule has 0 aliphatic carbocycles. The highest BCUT2D eigenvalue weighted by Gasteiger charge is 2.21. The number of amides is 1. The average molecular weight is 250 g/mol. The van der Waals surface area contributed by atoms with E-state index in [9.17, 15) is 4.79 Å². The van der Waals surface area contributed by atoms with Crippen molar-refractivity contribution in [2.75, 3.05) is 13.1 Å². The number of hydrogen-bond donors (Lipinski definition) is 2. The number of nitrogens with one attached hydrogen (secondary N) is 2. The highest BCUT2D eigenvalue weighted by atomic mass is 16.2. The molecule has 18 heavy (non-hydrogen) atoms. The lowest BCUT2D eigenvalue weighted by atomic mass is 10.2. The van der Waals surface area contributed by atoms with Gasteiger partial charge in [0.1, 0.15) is 0 Å². The largest absolute Gasteiger partial charge is 0.349 e. The lowest BCUT2D eigenvalue weighted by Gasteiger charge is -2.26. The van der Waals surface area contributed by atoms with Gasteiger partial charge in [-0.05, 0) is 38.9 Å². The van der Waals surface area contributed by atoms with Crippen molar-refractivity contribution in [2.24, 2.45) is 0 Å². The maximum atomic E-state index is 12.1. The molecule has 0 saturated carbocycles. The van der Waals surface area contributed by atoms with Gasteiger partial charge in [-0.1, -0.05) is 12.8 Å². The third-order valence-electron chi connectivity index (χ3n) is 3.58. The standard InChI is InChI=1S/C13H22N4O/c1-11(17-8-4-2-3-5-9-17)13(18)14-10-12-6-7-15-16-12/h6-7,11H,2-5,8-10H2,1H3,(H,14,18)(H,15,16). The molecule has 0 spiro atoms. The molecule has 1 unspecified atom stereocenters. The zero-order valence-electron chi connectivity index (χ0n) is 11.0. The van der Waals surface area contributed by atoms with Crippen molar-refractivity contribution >= 4 is 5.91 Å². The maximum absolute atomic E-state index is 12.1. The molecule has 0 radical (unpaired) electrons. The van der Waals surface area contributed by atoms with Crippen LogP contribution in [0.2, 0.25) is 0 Å². The van der Waals surface area contributed by atoms with Gasteiger partial charge >= 0.3 is 0 Å². The van der Waals surface area contributed by atoms with Crippen LogP contribution in [0, 0.1) is 0 Å². The first-order chi connectivity index (χ1) is 8.77. The van der Waals surface area contributed by atoms with Gasteiger partial charge in [0.25, 0.3) is 0 Å². The monoisotopic (exact) mass is 250 g/mol. The summed E-state index contributed by atoms with van der Waals surface area (Å²) in [7, 11) is 0. The van der Waals surface area contributed by atoms with Crippen molar-refractivity contribution < 1.29 is 4.79 Å². The number of aromatic amines is 1. The Balaban J connectivity index is 1.79. The second-order valence-corrected chi connectivity index (χ2v) is 4.93. The van der Waals surface area contributed by atoms with Crippen molar-refractivity contribution in [3.8, 4) is 0 Å². The van der Waals surface area contributed by atoms with Crippen LogP contribution in [0.1, 0.15) is 38.3 Å². The van der Waals surface area contributed by atoms with Gasteiger partial charge in [-0.15, -0.1) is 0 Å². The Labute approximate surface area is 108 Å². The Morgan fingerprint density at radius 1 is 1.44 bits per heavy atom. The Morgan fingerprint density at radius 3 is 2.78 bits per heavy atom. The number of rotatable bonds is 4. The number of carbonyl (C=O) groups excluding carboxylic acids is 1. The molecule has 0 aromatic carbocycles. The van der Waals surface area contributed by atoms with E-state index in [-0.39, 0.29) is 11.9 Å². The topological polar surface area (TPSA) is 61.0 Å². The molecule has 100 valence electrons. The number of likely N-dealkylation sites (tertiary alicyclic amines) is 1. The minimum absolute atomic E-state index is 0.0361. The van der Waals surface area contributed by atoms with E-state index in [2.05, 4.69) is 20.4 Å². The molecule has 1 atom stereocenters. The summed E-state index contributed by atoms with van der Waals surface area (Å²) < 4.78 is 0. The minimum atomic E-state index is -0.0361. The van der Waals surface area contributed by atoms with Gasteiger partial charge in [0.05, 0.1) is 18.3 Å². The van der Waals surface area contributed by atoms with Crippen molar-refractivity contribution in [2.45, 2.75) is 45.2 Å². The van der Waals surface area contributed by atoms with E-state index in [0.717, 1.165) is 18.8 Å². The Kier molecular flexibility index (Phi) is 4.75. The summed E-state index contributed by atoms with van der Waals surface area (Å²) in [6.45, 7) is 4.60. The van der Waals surface area contributed by atoms with Crippen molar-refractivity contribution in [3.05, 3.63) is 18.0 Å². The van der Waals surface area contributed by atoms with E-state index in [1.54, 1.807) is 6.20 Å². The summed E-state index contributed by atoms with van der Waals surface area (Å²) in [5, 5.41) is 9.65. The van der Waals surface area contributed by atoms with Crippen LogP contribution >= 0.6 is 0 Å². The molecule has 2 heterocycles. The van der Waals surface area contributed by atoms with E-state index >= 15 is 0 Å². The minimum Gasteiger partial charge on any atom is -0.349 e. The summed E-state index contributed by atoms with van der Waals surface area (Å²) in [5.41, 5.74) is 0.936. The van der Waals surface area contributed by atoms with E-state index in [0.29, 0.717) is 6.54 Å². The van der Waals surface area contributed by atoms with Gasteiger partial charge in [-0.3, -0.25) is 14.8 Å². The highest BCUT2D eigenvalue weighted by molar-refractivity contribution is 5.81. The number of carbonyl (C=O) groups is 1. The molecule has 1 amide bonds. The fourth-order valence-corrected chi connectivity index (χ4v) is 2.36. The molecule has 2 rings (SSSR count). The van der Waals surface area contributed by atoms with E-state index in [1.807, 2.05) is 13.0 Å².